The van der Waals surface area contributed by atoms with Gasteiger partial charge in [0.2, 0.25) is 0 Å². The summed E-state index contributed by atoms with van der Waals surface area (Å²) in [6.07, 6.45) is 5.03. The lowest BCUT2D eigenvalue weighted by molar-refractivity contribution is 0.323. The summed E-state index contributed by atoms with van der Waals surface area (Å²) in [7, 11) is 0. The summed E-state index contributed by atoms with van der Waals surface area (Å²) in [6.45, 7) is 2.32. The summed E-state index contributed by atoms with van der Waals surface area (Å²) >= 11 is 13.1. The van der Waals surface area contributed by atoms with Crippen LogP contribution in [-0.4, -0.2) is 0 Å². The van der Waals surface area contributed by atoms with Crippen molar-refractivity contribution in [2.45, 2.75) is 38.0 Å². The highest BCUT2D eigenvalue weighted by Gasteiger charge is 2.37. The fourth-order valence-corrected chi connectivity index (χ4v) is 3.95. The highest BCUT2D eigenvalue weighted by atomic mass is 35.5. The fourth-order valence-electron chi connectivity index (χ4n) is 3.32. The Bertz CT molecular complexity index is 597. The highest BCUT2D eigenvalue weighted by molar-refractivity contribution is 6.35. The summed E-state index contributed by atoms with van der Waals surface area (Å²) in [6, 6.07) is 12.4. The van der Waals surface area contributed by atoms with Gasteiger partial charge in [-0.2, -0.15) is 0 Å². The predicted molar refractivity (Wildman–Crippen MR) is 84.1 cm³/mol. The first-order valence-electron chi connectivity index (χ1n) is 6.93. The number of fused-ring (bicyclic) bond motifs is 1. The Balaban J connectivity index is 2.12. The molecule has 100 valence electrons. The quantitative estimate of drug-likeness (QED) is 0.566. The van der Waals surface area contributed by atoms with Crippen molar-refractivity contribution in [2.24, 2.45) is 5.41 Å². The molecule has 0 amide bonds. The monoisotopic (exact) mass is 292 g/mol. The van der Waals surface area contributed by atoms with Crippen LogP contribution in [0.4, 0.5) is 0 Å². The number of rotatable bonds is 2. The van der Waals surface area contributed by atoms with Crippen molar-refractivity contribution in [2.75, 3.05) is 0 Å². The molecule has 0 nitrogen and oxygen atoms in total. The molecule has 1 unspecified atom stereocenters. The number of hydrogen-bond acceptors (Lipinski definition) is 0. The zero-order valence-corrected chi connectivity index (χ0v) is 12.6. The molecule has 1 aliphatic carbocycles. The van der Waals surface area contributed by atoms with Crippen molar-refractivity contribution in [3.05, 3.63) is 47.0 Å². The Morgan fingerprint density at radius 3 is 2.32 bits per heavy atom. The molecular formula is C17H18Cl2. The van der Waals surface area contributed by atoms with Gasteiger partial charge in [-0.15, -0.1) is 11.6 Å². The van der Waals surface area contributed by atoms with Crippen LogP contribution in [0.5, 0.6) is 0 Å². The molecule has 1 atom stereocenters. The zero-order chi connectivity index (χ0) is 13.5. The summed E-state index contributed by atoms with van der Waals surface area (Å²) in [5.41, 5.74) is 1.45. The maximum absolute atomic E-state index is 6.84. The van der Waals surface area contributed by atoms with Crippen LogP contribution in [0.2, 0.25) is 5.02 Å². The topological polar surface area (TPSA) is 0 Å². The van der Waals surface area contributed by atoms with Crippen LogP contribution in [0.1, 0.15) is 43.5 Å². The maximum atomic E-state index is 6.84. The van der Waals surface area contributed by atoms with Crippen molar-refractivity contribution in [1.29, 1.82) is 0 Å². The zero-order valence-electron chi connectivity index (χ0n) is 11.1. The van der Waals surface area contributed by atoms with E-state index in [1.54, 1.807) is 0 Å². The van der Waals surface area contributed by atoms with Gasteiger partial charge in [-0.25, -0.2) is 0 Å². The van der Waals surface area contributed by atoms with Gasteiger partial charge in [0.1, 0.15) is 0 Å². The Kier molecular flexibility index (Phi) is 3.49. The van der Waals surface area contributed by atoms with Gasteiger partial charge in [0.25, 0.3) is 0 Å². The Morgan fingerprint density at radius 2 is 1.63 bits per heavy atom. The Labute approximate surface area is 124 Å². The van der Waals surface area contributed by atoms with E-state index in [1.807, 2.05) is 12.1 Å². The van der Waals surface area contributed by atoms with E-state index in [4.69, 9.17) is 23.2 Å². The molecular weight excluding hydrogens is 275 g/mol. The third kappa shape index (κ3) is 2.26. The van der Waals surface area contributed by atoms with Gasteiger partial charge < -0.3 is 0 Å². The van der Waals surface area contributed by atoms with Crippen molar-refractivity contribution in [3.63, 3.8) is 0 Å². The summed E-state index contributed by atoms with van der Waals surface area (Å²) in [5.74, 6) is 0. The average Bonchev–Trinajstić information content (AvgIpc) is 2.87. The third-order valence-corrected chi connectivity index (χ3v) is 5.63. The molecule has 1 saturated carbocycles. The molecule has 0 heterocycles. The van der Waals surface area contributed by atoms with E-state index in [9.17, 15) is 0 Å². The van der Waals surface area contributed by atoms with Crippen LogP contribution in [-0.2, 0) is 0 Å². The lowest BCUT2D eigenvalue weighted by atomic mass is 9.80. The molecule has 0 bridgehead atoms. The normalized spacial score (nSPS) is 19.7. The van der Waals surface area contributed by atoms with Crippen LogP contribution in [0, 0.1) is 5.41 Å². The van der Waals surface area contributed by atoms with Crippen molar-refractivity contribution in [3.8, 4) is 0 Å². The molecule has 0 spiro atoms. The van der Waals surface area contributed by atoms with Gasteiger partial charge in [0.05, 0.1) is 5.38 Å². The molecule has 1 aliphatic rings. The van der Waals surface area contributed by atoms with Gasteiger partial charge in [0.15, 0.2) is 0 Å². The molecule has 3 rings (SSSR count). The second kappa shape index (κ2) is 5.00. The van der Waals surface area contributed by atoms with Crippen LogP contribution >= 0.6 is 23.2 Å². The average molecular weight is 293 g/mol. The molecule has 1 fully saturated rings. The molecule has 19 heavy (non-hydrogen) atoms. The van der Waals surface area contributed by atoms with Crippen LogP contribution in [0.15, 0.2) is 36.4 Å². The third-order valence-electron chi connectivity index (χ3n) is 4.54. The van der Waals surface area contributed by atoms with E-state index in [1.165, 1.54) is 36.6 Å². The minimum Gasteiger partial charge on any atom is -0.117 e. The summed E-state index contributed by atoms with van der Waals surface area (Å²) < 4.78 is 0. The fraction of sp³-hybridized carbons (Fsp3) is 0.412. The maximum Gasteiger partial charge on any atom is 0.0644 e. The molecule has 0 aromatic heterocycles. The minimum absolute atomic E-state index is 0.0668. The van der Waals surface area contributed by atoms with Crippen LogP contribution in [0.3, 0.4) is 0 Å². The van der Waals surface area contributed by atoms with Crippen molar-refractivity contribution in [1.82, 2.24) is 0 Å². The Morgan fingerprint density at radius 1 is 1.00 bits per heavy atom. The van der Waals surface area contributed by atoms with Gasteiger partial charge in [-0.1, -0.05) is 61.7 Å². The molecule has 0 saturated heterocycles. The van der Waals surface area contributed by atoms with Crippen molar-refractivity contribution < 1.29 is 0 Å². The first kappa shape index (κ1) is 13.3. The summed E-state index contributed by atoms with van der Waals surface area (Å²) in [5, 5.41) is 3.17. The molecule has 2 aromatic rings. The van der Waals surface area contributed by atoms with E-state index >= 15 is 0 Å². The smallest absolute Gasteiger partial charge is 0.0644 e. The highest BCUT2D eigenvalue weighted by Crippen LogP contribution is 2.52. The molecule has 2 heteroatoms. The van der Waals surface area contributed by atoms with E-state index in [2.05, 4.69) is 31.2 Å². The SMILES string of the molecule is CC1(C(Cl)c2ccc(Cl)c3ccccc23)CCCC1. The van der Waals surface area contributed by atoms with E-state index in [0.29, 0.717) is 0 Å². The molecule has 0 N–H and O–H groups in total. The largest absolute Gasteiger partial charge is 0.117 e. The molecule has 2 aromatic carbocycles. The molecule has 0 aliphatic heterocycles. The summed E-state index contributed by atoms with van der Waals surface area (Å²) in [4.78, 5) is 0. The van der Waals surface area contributed by atoms with E-state index in [-0.39, 0.29) is 10.8 Å². The first-order valence-corrected chi connectivity index (χ1v) is 7.74. The second-order valence-electron chi connectivity index (χ2n) is 5.91. The first-order chi connectivity index (χ1) is 9.12. The number of halogens is 2. The number of hydrogen-bond donors (Lipinski definition) is 0. The molecule has 0 radical (unpaired) electrons. The van der Waals surface area contributed by atoms with Gasteiger partial charge in [-0.3, -0.25) is 0 Å². The van der Waals surface area contributed by atoms with Crippen molar-refractivity contribution >= 4 is 34.0 Å². The standard InChI is InChI=1S/C17H18Cl2/c1-17(10-4-5-11-17)16(19)14-8-9-15(18)13-7-3-2-6-12(13)14/h2-3,6-9,16H,4-5,10-11H2,1H3. The number of alkyl halides is 1. The van der Waals surface area contributed by atoms with Gasteiger partial charge in [0, 0.05) is 10.4 Å². The van der Waals surface area contributed by atoms with Crippen LogP contribution in [0.25, 0.3) is 10.8 Å². The van der Waals surface area contributed by atoms with E-state index < -0.39 is 0 Å². The van der Waals surface area contributed by atoms with E-state index in [0.717, 1.165) is 10.4 Å². The van der Waals surface area contributed by atoms with Crippen LogP contribution < -0.4 is 0 Å². The second-order valence-corrected chi connectivity index (χ2v) is 6.75. The van der Waals surface area contributed by atoms with Gasteiger partial charge in [-0.05, 0) is 35.3 Å². The Hall–Kier alpha value is -0.720. The predicted octanol–water partition coefficient (Wildman–Crippen LogP) is 6.35. The number of benzene rings is 2. The lowest BCUT2D eigenvalue weighted by Gasteiger charge is -2.30. The minimum atomic E-state index is 0.0668. The van der Waals surface area contributed by atoms with Gasteiger partial charge >= 0.3 is 0 Å². The lowest BCUT2D eigenvalue weighted by Crippen LogP contribution is -2.18.